The molecule has 2 N–H and O–H groups in total. The van der Waals surface area contributed by atoms with Crippen molar-refractivity contribution in [1.82, 2.24) is 0 Å². The maximum Gasteiger partial charge on any atom is 0.328 e. The van der Waals surface area contributed by atoms with Crippen molar-refractivity contribution < 1.29 is 14.3 Å². The summed E-state index contributed by atoms with van der Waals surface area (Å²) in [5.74, 6) is -1.30. The Balaban J connectivity index is 2.67. The van der Waals surface area contributed by atoms with Crippen molar-refractivity contribution in [1.29, 1.82) is 0 Å². The Morgan fingerprint density at radius 3 is 2.94 bits per heavy atom. The lowest BCUT2D eigenvalue weighted by atomic mass is 10.2. The number of nitrogens with one attached hydrogen (secondary N) is 1. The van der Waals surface area contributed by atoms with E-state index in [2.05, 4.69) is 21.2 Å². The normalized spacial score (nSPS) is 10.7. The van der Waals surface area contributed by atoms with Crippen LogP contribution in [0.2, 0.25) is 0 Å². The number of aryl methyl sites for hydroxylation is 1. The molecule has 3 nitrogen and oxygen atoms in total. The molecule has 0 amide bonds. The van der Waals surface area contributed by atoms with E-state index in [0.29, 0.717) is 11.0 Å². The predicted molar refractivity (Wildman–Crippen MR) is 64.1 cm³/mol. The second kappa shape index (κ2) is 5.65. The maximum absolute atomic E-state index is 13.1. The Kier molecular flexibility index (Phi) is 4.49. The topological polar surface area (TPSA) is 49.3 Å². The van der Waals surface area contributed by atoms with E-state index in [1.54, 1.807) is 13.0 Å². The van der Waals surface area contributed by atoms with Gasteiger partial charge in [-0.05, 0) is 40.5 Å². The van der Waals surface area contributed by atoms with Crippen LogP contribution in [0.15, 0.2) is 28.8 Å². The first-order valence-corrected chi connectivity index (χ1v) is 5.39. The molecule has 0 spiro atoms. The number of halogens is 2. The molecule has 0 saturated heterocycles. The summed E-state index contributed by atoms with van der Waals surface area (Å²) < 4.78 is 13.5. The fraction of sp³-hybridized carbons (Fsp3) is 0.182. The SMILES string of the molecule is Cc1cc(F)c(Br)cc1NC/C=C/C(=O)O. The monoisotopic (exact) mass is 287 g/mol. The van der Waals surface area contributed by atoms with Crippen LogP contribution in [-0.2, 0) is 4.79 Å². The molecule has 0 aromatic heterocycles. The molecule has 0 saturated carbocycles. The molecule has 1 aromatic carbocycles. The summed E-state index contributed by atoms with van der Waals surface area (Å²) in [7, 11) is 0. The molecule has 1 aromatic rings. The molecule has 0 radical (unpaired) electrons. The van der Waals surface area contributed by atoms with Gasteiger partial charge in [-0.15, -0.1) is 0 Å². The van der Waals surface area contributed by atoms with Gasteiger partial charge >= 0.3 is 5.97 Å². The average molecular weight is 288 g/mol. The van der Waals surface area contributed by atoms with Crippen LogP contribution in [0.5, 0.6) is 0 Å². The van der Waals surface area contributed by atoms with Gasteiger partial charge in [-0.2, -0.15) is 0 Å². The van der Waals surface area contributed by atoms with Crippen LogP contribution in [-0.4, -0.2) is 17.6 Å². The van der Waals surface area contributed by atoms with Crippen LogP contribution < -0.4 is 5.32 Å². The summed E-state index contributed by atoms with van der Waals surface area (Å²) in [6.45, 7) is 2.16. The van der Waals surface area contributed by atoms with E-state index < -0.39 is 5.97 Å². The van der Waals surface area contributed by atoms with E-state index in [9.17, 15) is 9.18 Å². The summed E-state index contributed by atoms with van der Waals surface area (Å²) in [6, 6.07) is 3.03. The molecule has 0 heterocycles. The third kappa shape index (κ3) is 3.66. The van der Waals surface area contributed by atoms with Gasteiger partial charge in [0.05, 0.1) is 4.47 Å². The summed E-state index contributed by atoms with van der Waals surface area (Å²) in [5, 5.41) is 11.4. The summed E-state index contributed by atoms with van der Waals surface area (Å²) >= 11 is 3.09. The highest BCUT2D eigenvalue weighted by Gasteiger charge is 2.03. The van der Waals surface area contributed by atoms with E-state index in [1.165, 1.54) is 12.1 Å². The Morgan fingerprint density at radius 2 is 2.31 bits per heavy atom. The fourth-order valence-electron chi connectivity index (χ4n) is 1.17. The van der Waals surface area contributed by atoms with Gasteiger partial charge in [0.25, 0.3) is 0 Å². The quantitative estimate of drug-likeness (QED) is 0.837. The lowest BCUT2D eigenvalue weighted by Crippen LogP contribution is -2.01. The van der Waals surface area contributed by atoms with Gasteiger partial charge in [0.1, 0.15) is 5.82 Å². The van der Waals surface area contributed by atoms with Crippen LogP contribution in [0.3, 0.4) is 0 Å². The van der Waals surface area contributed by atoms with Crippen LogP contribution >= 0.6 is 15.9 Å². The molecule has 0 unspecified atom stereocenters. The molecule has 0 aliphatic carbocycles. The molecule has 5 heteroatoms. The van der Waals surface area contributed by atoms with Gasteiger partial charge in [0, 0.05) is 18.3 Å². The first-order chi connectivity index (χ1) is 7.50. The van der Waals surface area contributed by atoms with Crippen molar-refractivity contribution in [2.75, 3.05) is 11.9 Å². The number of hydrogen-bond acceptors (Lipinski definition) is 2. The first-order valence-electron chi connectivity index (χ1n) is 4.59. The van der Waals surface area contributed by atoms with Gasteiger partial charge < -0.3 is 10.4 Å². The Morgan fingerprint density at radius 1 is 1.62 bits per heavy atom. The van der Waals surface area contributed by atoms with Crippen molar-refractivity contribution in [2.24, 2.45) is 0 Å². The van der Waals surface area contributed by atoms with Crippen molar-refractivity contribution >= 4 is 27.6 Å². The third-order valence-corrected chi connectivity index (χ3v) is 2.55. The minimum atomic E-state index is -0.987. The number of anilines is 1. The van der Waals surface area contributed by atoms with Crippen molar-refractivity contribution in [2.45, 2.75) is 6.92 Å². The molecule has 0 fully saturated rings. The Bertz CT molecular complexity index is 432. The number of carboxylic acid groups (broad SMARTS) is 1. The third-order valence-electron chi connectivity index (χ3n) is 1.94. The van der Waals surface area contributed by atoms with E-state index >= 15 is 0 Å². The number of rotatable bonds is 4. The largest absolute Gasteiger partial charge is 0.478 e. The van der Waals surface area contributed by atoms with Crippen molar-refractivity contribution in [3.8, 4) is 0 Å². The lowest BCUT2D eigenvalue weighted by Gasteiger charge is -2.08. The molecular formula is C11H11BrFNO2. The number of carboxylic acids is 1. The standard InChI is InChI=1S/C11H11BrFNO2/c1-7-5-9(13)8(12)6-10(7)14-4-2-3-11(15)16/h2-3,5-6,14H,4H2,1H3,(H,15,16)/b3-2+. The number of benzene rings is 1. The summed E-state index contributed by atoms with van der Waals surface area (Å²) in [5.41, 5.74) is 1.53. The average Bonchev–Trinajstić information content (AvgIpc) is 2.19. The highest BCUT2D eigenvalue weighted by molar-refractivity contribution is 9.10. The van der Waals surface area contributed by atoms with Crippen LogP contribution in [0.1, 0.15) is 5.56 Å². The molecule has 1 rings (SSSR count). The highest BCUT2D eigenvalue weighted by atomic mass is 79.9. The Labute approximate surface area is 101 Å². The fourth-order valence-corrected chi connectivity index (χ4v) is 1.51. The number of hydrogen-bond donors (Lipinski definition) is 2. The van der Waals surface area contributed by atoms with Crippen LogP contribution in [0.4, 0.5) is 10.1 Å². The predicted octanol–water partition coefficient (Wildman–Crippen LogP) is 2.95. The number of aliphatic carboxylic acids is 1. The smallest absolute Gasteiger partial charge is 0.328 e. The zero-order chi connectivity index (χ0) is 12.1. The van der Waals surface area contributed by atoms with Crippen LogP contribution in [0.25, 0.3) is 0 Å². The number of carbonyl (C=O) groups is 1. The Hall–Kier alpha value is -1.36. The van der Waals surface area contributed by atoms with Gasteiger partial charge in [-0.25, -0.2) is 9.18 Å². The zero-order valence-corrected chi connectivity index (χ0v) is 10.2. The zero-order valence-electron chi connectivity index (χ0n) is 8.63. The minimum absolute atomic E-state index is 0.316. The lowest BCUT2D eigenvalue weighted by molar-refractivity contribution is -0.131. The first kappa shape index (κ1) is 12.7. The van der Waals surface area contributed by atoms with Crippen molar-refractivity contribution in [3.63, 3.8) is 0 Å². The summed E-state index contributed by atoms with van der Waals surface area (Å²) in [4.78, 5) is 10.2. The molecule has 16 heavy (non-hydrogen) atoms. The molecule has 0 aliphatic rings. The van der Waals surface area contributed by atoms with E-state index in [0.717, 1.165) is 17.3 Å². The second-order valence-corrected chi connectivity index (χ2v) is 4.06. The summed E-state index contributed by atoms with van der Waals surface area (Å²) in [6.07, 6.45) is 2.54. The van der Waals surface area contributed by atoms with E-state index in [4.69, 9.17) is 5.11 Å². The highest BCUT2D eigenvalue weighted by Crippen LogP contribution is 2.23. The van der Waals surface area contributed by atoms with Crippen LogP contribution in [0, 0.1) is 12.7 Å². The molecule has 0 atom stereocenters. The van der Waals surface area contributed by atoms with Gasteiger partial charge in [0.2, 0.25) is 0 Å². The molecule has 0 bridgehead atoms. The molecular weight excluding hydrogens is 277 g/mol. The molecule has 0 aliphatic heterocycles. The molecule has 86 valence electrons. The van der Waals surface area contributed by atoms with Gasteiger partial charge in [-0.1, -0.05) is 6.08 Å². The van der Waals surface area contributed by atoms with Crippen molar-refractivity contribution in [3.05, 3.63) is 40.1 Å². The maximum atomic E-state index is 13.1. The van der Waals surface area contributed by atoms with Gasteiger partial charge in [0.15, 0.2) is 0 Å². The minimum Gasteiger partial charge on any atom is -0.478 e. The van der Waals surface area contributed by atoms with Gasteiger partial charge in [-0.3, -0.25) is 0 Å². The van der Waals surface area contributed by atoms with E-state index in [-0.39, 0.29) is 5.82 Å². The van der Waals surface area contributed by atoms with E-state index in [1.807, 2.05) is 0 Å². The second-order valence-electron chi connectivity index (χ2n) is 3.20.